The van der Waals surface area contributed by atoms with Crippen LogP contribution in [0.3, 0.4) is 0 Å². The number of carboxylic acid groups (broad SMARTS) is 1. The van der Waals surface area contributed by atoms with Crippen molar-refractivity contribution in [2.75, 3.05) is 0 Å². The van der Waals surface area contributed by atoms with Gasteiger partial charge in [-0.15, -0.1) is 11.6 Å². The molecule has 0 aromatic heterocycles. The van der Waals surface area contributed by atoms with Gasteiger partial charge in [0.25, 0.3) is 0 Å². The summed E-state index contributed by atoms with van der Waals surface area (Å²) in [7, 11) is 0. The van der Waals surface area contributed by atoms with Gasteiger partial charge in [-0.3, -0.25) is 0 Å². The summed E-state index contributed by atoms with van der Waals surface area (Å²) in [4.78, 5) is 10.1. The van der Waals surface area contributed by atoms with E-state index in [1.807, 2.05) is 19.1 Å². The van der Waals surface area contributed by atoms with Crippen molar-refractivity contribution in [3.8, 4) is 0 Å². The van der Waals surface area contributed by atoms with Gasteiger partial charge in [-0.25, -0.2) is 0 Å². The molecule has 0 aliphatic carbocycles. The van der Waals surface area contributed by atoms with E-state index in [2.05, 4.69) is 0 Å². The Hall–Kier alpha value is 1.14. The van der Waals surface area contributed by atoms with Gasteiger partial charge >= 0.3 is 51.4 Å². The summed E-state index contributed by atoms with van der Waals surface area (Å²) in [6, 6.07) is 0. The van der Waals surface area contributed by atoms with E-state index >= 15 is 0 Å². The Morgan fingerprint density at radius 1 is 1.58 bits per heavy atom. The van der Waals surface area contributed by atoms with Crippen molar-refractivity contribution < 1.29 is 61.3 Å². The molecule has 64 valence electrons. The van der Waals surface area contributed by atoms with E-state index in [4.69, 9.17) is 11.6 Å². The molecule has 0 radical (unpaired) electrons. The first-order chi connectivity index (χ1) is 5.18. The molecule has 0 heterocycles. The molecule has 4 heteroatoms. The minimum atomic E-state index is -1.18. The van der Waals surface area contributed by atoms with Crippen LogP contribution in [0.1, 0.15) is 26.2 Å². The van der Waals surface area contributed by atoms with Gasteiger partial charge in [0.1, 0.15) is 0 Å². The Labute approximate surface area is 121 Å². The van der Waals surface area contributed by atoms with Crippen LogP contribution < -0.4 is 56.5 Å². The number of halogens is 1. The van der Waals surface area contributed by atoms with Crippen molar-refractivity contribution in [3.05, 3.63) is 12.2 Å². The molecule has 0 aromatic rings. The van der Waals surface area contributed by atoms with Gasteiger partial charge in [0.15, 0.2) is 0 Å². The van der Waals surface area contributed by atoms with Gasteiger partial charge in [0.2, 0.25) is 0 Å². The van der Waals surface area contributed by atoms with E-state index in [9.17, 15) is 9.90 Å². The van der Waals surface area contributed by atoms with E-state index in [0.717, 1.165) is 6.42 Å². The summed E-state index contributed by atoms with van der Waals surface area (Å²) in [5.74, 6) is -1.18. The van der Waals surface area contributed by atoms with Crippen molar-refractivity contribution in [2.24, 2.45) is 0 Å². The molecule has 0 aliphatic rings. The number of rotatable bonds is 5. The minimum Gasteiger partial charge on any atom is -0.549 e. The maximum absolute atomic E-state index is 10.1. The normalized spacial score (nSPS) is 12.5. The van der Waals surface area contributed by atoms with Crippen LogP contribution in [0, 0.1) is 0 Å². The summed E-state index contributed by atoms with van der Waals surface area (Å²) in [5.41, 5.74) is 0. The fourth-order valence-electron chi connectivity index (χ4n) is 0.645. The van der Waals surface area contributed by atoms with Crippen LogP contribution in [0.5, 0.6) is 0 Å². The molecule has 0 fully saturated rings. The average Bonchev–Trinajstić information content (AvgIpc) is 1.97. The predicted molar refractivity (Wildman–Crippen MR) is 43.3 cm³/mol. The number of alkyl halides is 1. The Kier molecular flexibility index (Phi) is 13.3. The molecule has 0 aromatic carbocycles. The summed E-state index contributed by atoms with van der Waals surface area (Å²) in [6.07, 6.45) is 6.03. The first-order valence-corrected chi connectivity index (χ1v) is 4.12. The van der Waals surface area contributed by atoms with Gasteiger partial charge in [-0.1, -0.05) is 19.1 Å². The largest absolute Gasteiger partial charge is 1.00 e. The summed E-state index contributed by atoms with van der Waals surface area (Å²) in [5, 5.41) is 9.25. The van der Waals surface area contributed by atoms with Crippen molar-refractivity contribution in [2.45, 2.75) is 31.6 Å². The van der Waals surface area contributed by atoms with Crippen molar-refractivity contribution in [3.63, 3.8) is 0 Å². The molecule has 0 amide bonds. The minimum absolute atomic E-state index is 0. The first-order valence-electron chi connectivity index (χ1n) is 3.68. The monoisotopic (exact) mass is 214 g/mol. The average molecular weight is 215 g/mol. The molecule has 1 unspecified atom stereocenters. The number of carbonyl (C=O) groups is 1. The number of carbonyl (C=O) groups excluding carboxylic acids is 1. The van der Waals surface area contributed by atoms with Gasteiger partial charge in [-0.2, -0.15) is 0 Å². The molecule has 0 saturated carbocycles. The molecule has 0 aliphatic heterocycles. The molecule has 0 saturated heterocycles. The zero-order valence-electron chi connectivity index (χ0n) is 7.55. The fourth-order valence-corrected chi connectivity index (χ4v) is 0.771. The number of allylic oxidation sites excluding steroid dienone is 2. The van der Waals surface area contributed by atoms with Gasteiger partial charge in [-0.05, 0) is 19.3 Å². The second-order valence-corrected chi connectivity index (χ2v) is 2.77. The number of carboxylic acids is 1. The molecule has 0 N–H and O–H groups in total. The Morgan fingerprint density at radius 2 is 2.17 bits per heavy atom. The van der Waals surface area contributed by atoms with E-state index < -0.39 is 11.3 Å². The quantitative estimate of drug-likeness (QED) is 0.305. The maximum Gasteiger partial charge on any atom is 1.00 e. The third-order valence-corrected chi connectivity index (χ3v) is 1.64. The maximum atomic E-state index is 10.1. The zero-order chi connectivity index (χ0) is 8.69. The van der Waals surface area contributed by atoms with E-state index in [-0.39, 0.29) is 51.4 Å². The molecule has 1 atom stereocenters. The van der Waals surface area contributed by atoms with Crippen molar-refractivity contribution in [1.29, 1.82) is 0 Å². The van der Waals surface area contributed by atoms with E-state index in [0.29, 0.717) is 12.8 Å². The Balaban J connectivity index is 0. The predicted octanol–water partition coefficient (Wildman–Crippen LogP) is -1.91. The van der Waals surface area contributed by atoms with Crippen LogP contribution in [0.2, 0.25) is 0 Å². The summed E-state index contributed by atoms with van der Waals surface area (Å²) in [6.45, 7) is 2.02. The number of hydrogen-bond donors (Lipinski definition) is 0. The van der Waals surface area contributed by atoms with Gasteiger partial charge in [0, 0.05) is 0 Å². The molecule has 12 heavy (non-hydrogen) atoms. The van der Waals surface area contributed by atoms with Gasteiger partial charge in [0.05, 0.1) is 11.3 Å². The number of hydrogen-bond acceptors (Lipinski definition) is 2. The van der Waals surface area contributed by atoms with Crippen LogP contribution in [0.4, 0.5) is 0 Å². The molecular formula is C8H12ClKO2. The molecule has 2 nitrogen and oxygen atoms in total. The third kappa shape index (κ3) is 9.23. The SMILES string of the molecule is CC/C=C/CCC(Cl)C(=O)[O-].[K+]. The molecule has 0 rings (SSSR count). The second-order valence-electron chi connectivity index (χ2n) is 2.24. The topological polar surface area (TPSA) is 40.1 Å². The van der Waals surface area contributed by atoms with Gasteiger partial charge < -0.3 is 9.90 Å². The Morgan fingerprint density at radius 3 is 2.58 bits per heavy atom. The molecule has 0 spiro atoms. The number of aliphatic carboxylic acids is 1. The fraction of sp³-hybridized carbons (Fsp3) is 0.625. The van der Waals surface area contributed by atoms with Crippen LogP contribution >= 0.6 is 11.6 Å². The van der Waals surface area contributed by atoms with Crippen LogP contribution in [-0.4, -0.2) is 11.3 Å². The van der Waals surface area contributed by atoms with E-state index in [1.165, 1.54) is 0 Å². The molecular weight excluding hydrogens is 203 g/mol. The third-order valence-electron chi connectivity index (χ3n) is 1.24. The second kappa shape index (κ2) is 10.2. The van der Waals surface area contributed by atoms with Crippen molar-refractivity contribution in [1.82, 2.24) is 0 Å². The summed E-state index contributed by atoms with van der Waals surface area (Å²) >= 11 is 5.40. The zero-order valence-corrected chi connectivity index (χ0v) is 11.4. The van der Waals surface area contributed by atoms with E-state index in [1.54, 1.807) is 0 Å². The first kappa shape index (κ1) is 15.6. The molecule has 0 bridgehead atoms. The standard InChI is InChI=1S/C8H13ClO2.K/c1-2-3-4-5-6-7(9)8(10)11;/h3-4,7H,2,5-6H2,1H3,(H,10,11);/q;+1/p-1/b4-3+;. The van der Waals surface area contributed by atoms with Crippen LogP contribution in [0.25, 0.3) is 0 Å². The van der Waals surface area contributed by atoms with Crippen LogP contribution in [0.15, 0.2) is 12.2 Å². The summed E-state index contributed by atoms with van der Waals surface area (Å²) < 4.78 is 0. The Bertz CT molecular complexity index is 148. The van der Waals surface area contributed by atoms with Crippen molar-refractivity contribution >= 4 is 17.6 Å². The smallest absolute Gasteiger partial charge is 0.549 e. The van der Waals surface area contributed by atoms with Crippen LogP contribution in [-0.2, 0) is 4.79 Å².